The topological polar surface area (TPSA) is 88.7 Å². The predicted octanol–water partition coefficient (Wildman–Crippen LogP) is 3.36. The molecule has 3 N–H and O–H groups in total. The van der Waals surface area contributed by atoms with Gasteiger partial charge in [0.2, 0.25) is 0 Å². The molecule has 0 saturated heterocycles. The van der Waals surface area contributed by atoms with Gasteiger partial charge in [-0.15, -0.1) is 0 Å². The summed E-state index contributed by atoms with van der Waals surface area (Å²) < 4.78 is 10.7. The molecule has 2 aromatic carbocycles. The van der Waals surface area contributed by atoms with Crippen LogP contribution < -0.4 is 20.9 Å². The number of amides is 2. The minimum absolute atomic E-state index is 0.0869. The van der Waals surface area contributed by atoms with Crippen molar-refractivity contribution in [3.05, 3.63) is 63.6 Å². The zero-order valence-corrected chi connectivity index (χ0v) is 17.8. The molecule has 0 bridgehead atoms. The first kappa shape index (κ1) is 22.9. The van der Waals surface area contributed by atoms with Crippen LogP contribution in [0.25, 0.3) is 0 Å². The van der Waals surface area contributed by atoms with E-state index in [9.17, 15) is 9.59 Å². The molecule has 2 aromatic rings. The molecular formula is C19H19Cl2N3O4S. The lowest BCUT2D eigenvalue weighted by atomic mass is 10.2. The molecule has 2 rings (SSSR count). The molecule has 0 saturated carbocycles. The number of halogens is 2. The summed E-state index contributed by atoms with van der Waals surface area (Å²) >= 11 is 16.8. The van der Waals surface area contributed by atoms with Gasteiger partial charge in [0.25, 0.3) is 11.8 Å². The van der Waals surface area contributed by atoms with E-state index in [1.165, 1.54) is 18.2 Å². The molecule has 29 heavy (non-hydrogen) atoms. The molecule has 0 unspecified atom stereocenters. The van der Waals surface area contributed by atoms with Gasteiger partial charge in [-0.1, -0.05) is 29.3 Å². The number of hydrogen-bond acceptors (Lipinski definition) is 5. The fourth-order valence-electron chi connectivity index (χ4n) is 2.15. The summed E-state index contributed by atoms with van der Waals surface area (Å²) in [6.45, 7) is 3.34. The van der Waals surface area contributed by atoms with Crippen molar-refractivity contribution in [3.63, 3.8) is 0 Å². The standard InChI is InChI=1S/C19H19Cl2N3O4S/c1-2-27-8-9-28-14-5-3-4-12(10-14)17(25)22-19(29)24-23-18(26)15-7-6-13(20)11-16(15)21/h3-7,10-11H,2,8-9H2,1H3,(H,23,26)(H2,22,24,25,29). The molecule has 0 atom stereocenters. The van der Waals surface area contributed by atoms with Crippen LogP contribution in [0.5, 0.6) is 5.75 Å². The smallest absolute Gasteiger partial charge is 0.271 e. The summed E-state index contributed by atoms with van der Waals surface area (Å²) in [5.74, 6) is -0.466. The highest BCUT2D eigenvalue weighted by molar-refractivity contribution is 7.80. The van der Waals surface area contributed by atoms with E-state index < -0.39 is 11.8 Å². The maximum Gasteiger partial charge on any atom is 0.271 e. The van der Waals surface area contributed by atoms with Crippen molar-refractivity contribution in [2.24, 2.45) is 0 Å². The van der Waals surface area contributed by atoms with Crippen LogP contribution in [0.1, 0.15) is 27.6 Å². The quantitative estimate of drug-likeness (QED) is 0.337. The van der Waals surface area contributed by atoms with E-state index >= 15 is 0 Å². The Morgan fingerprint density at radius 2 is 1.83 bits per heavy atom. The predicted molar refractivity (Wildman–Crippen MR) is 116 cm³/mol. The van der Waals surface area contributed by atoms with Crippen molar-refractivity contribution in [2.45, 2.75) is 6.92 Å². The molecule has 0 aliphatic rings. The zero-order valence-electron chi connectivity index (χ0n) is 15.5. The van der Waals surface area contributed by atoms with Crippen molar-refractivity contribution in [3.8, 4) is 5.75 Å². The Hall–Kier alpha value is -2.39. The van der Waals surface area contributed by atoms with Crippen LogP contribution in [0, 0.1) is 0 Å². The normalized spacial score (nSPS) is 10.2. The summed E-state index contributed by atoms with van der Waals surface area (Å²) in [6.07, 6.45) is 0. The van der Waals surface area contributed by atoms with Crippen LogP contribution in [-0.2, 0) is 4.74 Å². The highest BCUT2D eigenvalue weighted by Crippen LogP contribution is 2.20. The summed E-state index contributed by atoms with van der Waals surface area (Å²) in [5, 5.41) is 2.97. The minimum Gasteiger partial charge on any atom is -0.491 e. The molecule has 7 nitrogen and oxygen atoms in total. The summed E-state index contributed by atoms with van der Waals surface area (Å²) in [6, 6.07) is 11.1. The van der Waals surface area contributed by atoms with E-state index in [0.717, 1.165) is 0 Å². The lowest BCUT2D eigenvalue weighted by molar-refractivity contribution is 0.0934. The lowest BCUT2D eigenvalue weighted by Gasteiger charge is -2.12. The van der Waals surface area contributed by atoms with E-state index in [1.807, 2.05) is 6.92 Å². The molecule has 0 heterocycles. The van der Waals surface area contributed by atoms with Gasteiger partial charge in [0.15, 0.2) is 5.11 Å². The van der Waals surface area contributed by atoms with Gasteiger partial charge in [0, 0.05) is 17.2 Å². The number of nitrogens with one attached hydrogen (secondary N) is 3. The number of thiocarbonyl (C=S) groups is 1. The maximum absolute atomic E-state index is 12.3. The van der Waals surface area contributed by atoms with Crippen LogP contribution in [0.15, 0.2) is 42.5 Å². The first-order valence-electron chi connectivity index (χ1n) is 8.58. The van der Waals surface area contributed by atoms with Gasteiger partial charge >= 0.3 is 0 Å². The SMILES string of the molecule is CCOCCOc1cccc(C(=O)NC(=S)NNC(=O)c2ccc(Cl)cc2Cl)c1. The Kier molecular flexibility index (Phi) is 9.14. The van der Waals surface area contributed by atoms with Gasteiger partial charge in [-0.05, 0) is 55.5 Å². The second-order valence-corrected chi connectivity index (χ2v) is 6.81. The van der Waals surface area contributed by atoms with Crippen molar-refractivity contribution in [1.82, 2.24) is 16.2 Å². The maximum atomic E-state index is 12.3. The van der Waals surface area contributed by atoms with Gasteiger partial charge in [-0.25, -0.2) is 0 Å². The molecule has 0 spiro atoms. The second-order valence-electron chi connectivity index (χ2n) is 5.56. The first-order valence-corrected chi connectivity index (χ1v) is 9.74. The fraction of sp³-hybridized carbons (Fsp3) is 0.211. The largest absolute Gasteiger partial charge is 0.491 e. The van der Waals surface area contributed by atoms with Crippen LogP contribution in [0.4, 0.5) is 0 Å². The lowest BCUT2D eigenvalue weighted by Crippen LogP contribution is -2.48. The Labute approximate surface area is 183 Å². The van der Waals surface area contributed by atoms with Gasteiger partial charge < -0.3 is 9.47 Å². The van der Waals surface area contributed by atoms with Gasteiger partial charge in [0.1, 0.15) is 12.4 Å². The fourth-order valence-corrected chi connectivity index (χ4v) is 2.79. The number of hydrazine groups is 1. The number of ether oxygens (including phenoxy) is 2. The summed E-state index contributed by atoms with van der Waals surface area (Å²) in [7, 11) is 0. The summed E-state index contributed by atoms with van der Waals surface area (Å²) in [5.41, 5.74) is 5.35. The third-order valence-electron chi connectivity index (χ3n) is 3.49. The third-order valence-corrected chi connectivity index (χ3v) is 4.24. The van der Waals surface area contributed by atoms with E-state index in [2.05, 4.69) is 16.2 Å². The Balaban J connectivity index is 1.85. The third kappa shape index (κ3) is 7.51. The van der Waals surface area contributed by atoms with E-state index in [-0.39, 0.29) is 15.7 Å². The Bertz CT molecular complexity index is 896. The van der Waals surface area contributed by atoms with Crippen LogP contribution >= 0.6 is 35.4 Å². The molecular weight excluding hydrogens is 437 g/mol. The van der Waals surface area contributed by atoms with E-state index in [0.29, 0.717) is 36.2 Å². The molecule has 0 aliphatic carbocycles. The molecule has 2 amide bonds. The van der Waals surface area contributed by atoms with E-state index in [1.54, 1.807) is 24.3 Å². The molecule has 0 aromatic heterocycles. The summed E-state index contributed by atoms with van der Waals surface area (Å²) in [4.78, 5) is 24.5. The zero-order chi connectivity index (χ0) is 21.2. The Morgan fingerprint density at radius 1 is 1.03 bits per heavy atom. The van der Waals surface area contributed by atoms with Gasteiger partial charge in [0.05, 0.1) is 17.2 Å². The van der Waals surface area contributed by atoms with Crippen molar-refractivity contribution < 1.29 is 19.1 Å². The van der Waals surface area contributed by atoms with Gasteiger partial charge in [-0.2, -0.15) is 0 Å². The van der Waals surface area contributed by atoms with Crippen molar-refractivity contribution >= 4 is 52.3 Å². The van der Waals surface area contributed by atoms with Crippen LogP contribution in [-0.4, -0.2) is 36.7 Å². The monoisotopic (exact) mass is 455 g/mol. The van der Waals surface area contributed by atoms with E-state index in [4.69, 9.17) is 44.9 Å². The first-order chi connectivity index (χ1) is 13.9. The molecule has 0 radical (unpaired) electrons. The minimum atomic E-state index is -0.534. The number of hydrogen-bond donors (Lipinski definition) is 3. The molecule has 10 heteroatoms. The van der Waals surface area contributed by atoms with Gasteiger partial charge in [-0.3, -0.25) is 25.8 Å². The highest BCUT2D eigenvalue weighted by atomic mass is 35.5. The number of carbonyl (C=O) groups is 2. The average Bonchev–Trinajstić information content (AvgIpc) is 2.69. The number of benzene rings is 2. The van der Waals surface area contributed by atoms with Crippen LogP contribution in [0.2, 0.25) is 10.0 Å². The van der Waals surface area contributed by atoms with Crippen molar-refractivity contribution in [2.75, 3.05) is 19.8 Å². The Morgan fingerprint density at radius 3 is 2.55 bits per heavy atom. The average molecular weight is 456 g/mol. The number of carbonyl (C=O) groups excluding carboxylic acids is 2. The highest BCUT2D eigenvalue weighted by Gasteiger charge is 2.13. The molecule has 0 aliphatic heterocycles. The van der Waals surface area contributed by atoms with Crippen LogP contribution in [0.3, 0.4) is 0 Å². The molecule has 154 valence electrons. The second kappa shape index (κ2) is 11.6. The number of rotatable bonds is 7. The molecule has 0 fully saturated rings. The van der Waals surface area contributed by atoms with Crippen molar-refractivity contribution in [1.29, 1.82) is 0 Å².